The fraction of sp³-hybridized carbons (Fsp3) is 0.400. The third-order valence-electron chi connectivity index (χ3n) is 2.77. The molecule has 0 aliphatic carbocycles. The van der Waals surface area contributed by atoms with Gasteiger partial charge < -0.3 is 0 Å². The van der Waals surface area contributed by atoms with E-state index in [1.54, 1.807) is 35.7 Å². The minimum atomic E-state index is -3.04. The van der Waals surface area contributed by atoms with Crippen LogP contribution in [0.15, 0.2) is 29.2 Å². The van der Waals surface area contributed by atoms with Crippen LogP contribution < -0.4 is 0 Å². The lowest BCUT2D eigenvalue weighted by molar-refractivity contribution is 0.599. The molecule has 80 valence electrons. The van der Waals surface area contributed by atoms with Gasteiger partial charge in [0.2, 0.25) is 0 Å². The Morgan fingerprint density at radius 2 is 1.80 bits per heavy atom. The summed E-state index contributed by atoms with van der Waals surface area (Å²) in [5, 5.41) is 0. The Hall–Kier alpha value is -0.130. The monoisotopic (exact) mass is 258 g/mol. The molecule has 15 heavy (non-hydrogen) atoms. The Balaban J connectivity index is 2.27. The average Bonchev–Trinajstić information content (AvgIpc) is 2.74. The summed E-state index contributed by atoms with van der Waals surface area (Å²) in [4.78, 5) is 0.548. The molecule has 0 saturated carbocycles. The van der Waals surface area contributed by atoms with Crippen LogP contribution >= 0.6 is 23.5 Å². The van der Waals surface area contributed by atoms with Gasteiger partial charge in [0.05, 0.1) is 10.6 Å². The third-order valence-corrected chi connectivity index (χ3v) is 8.41. The second-order valence-electron chi connectivity index (χ2n) is 3.71. The van der Waals surface area contributed by atoms with Crippen molar-refractivity contribution in [3.63, 3.8) is 0 Å². The molecule has 0 unspecified atom stereocenters. The van der Waals surface area contributed by atoms with Gasteiger partial charge in [-0.15, -0.1) is 23.5 Å². The summed E-state index contributed by atoms with van der Waals surface area (Å²) in [6.45, 7) is 0. The van der Waals surface area contributed by atoms with E-state index in [1.807, 2.05) is 12.1 Å². The van der Waals surface area contributed by atoms with Crippen LogP contribution in [-0.2, 0) is 13.9 Å². The Morgan fingerprint density at radius 3 is 2.53 bits per heavy atom. The topological polar surface area (TPSA) is 34.1 Å². The van der Waals surface area contributed by atoms with E-state index < -0.39 is 9.84 Å². The molecule has 2 aliphatic rings. The maximum absolute atomic E-state index is 12.0. The smallest absolute Gasteiger partial charge is 0.181 e. The van der Waals surface area contributed by atoms with Crippen LogP contribution in [0.2, 0.25) is 0 Å². The maximum Gasteiger partial charge on any atom is 0.181 e. The van der Waals surface area contributed by atoms with Gasteiger partial charge in [-0.3, -0.25) is 0 Å². The molecule has 0 radical (unpaired) electrons. The first kappa shape index (κ1) is 10.1. The fourth-order valence-electron chi connectivity index (χ4n) is 2.15. The second kappa shape index (κ2) is 3.18. The molecule has 3 rings (SSSR count). The molecular formula is C10H10O2S3. The molecule has 0 amide bonds. The van der Waals surface area contributed by atoms with Crippen LogP contribution in [0.25, 0.3) is 0 Å². The van der Waals surface area contributed by atoms with Gasteiger partial charge in [0.25, 0.3) is 0 Å². The molecule has 1 aromatic carbocycles. The summed E-state index contributed by atoms with van der Waals surface area (Å²) in [5.41, 5.74) is 1.01. The first-order chi connectivity index (χ1) is 7.14. The van der Waals surface area contributed by atoms with Crippen molar-refractivity contribution in [3.05, 3.63) is 29.8 Å². The molecule has 1 saturated heterocycles. The summed E-state index contributed by atoms with van der Waals surface area (Å²) in [6.07, 6.45) is 0. The minimum Gasteiger partial charge on any atom is -0.224 e. The van der Waals surface area contributed by atoms with Crippen molar-refractivity contribution in [1.82, 2.24) is 0 Å². The maximum atomic E-state index is 12.0. The first-order valence-corrected chi connectivity index (χ1v) is 8.37. The molecule has 5 heteroatoms. The number of fused-ring (bicyclic) bond motifs is 2. The highest BCUT2D eigenvalue weighted by Gasteiger charge is 2.49. The van der Waals surface area contributed by atoms with Crippen LogP contribution in [0.5, 0.6) is 0 Å². The summed E-state index contributed by atoms with van der Waals surface area (Å²) >= 11 is 3.56. The summed E-state index contributed by atoms with van der Waals surface area (Å²) in [5.74, 6) is 2.37. The second-order valence-corrected chi connectivity index (χ2v) is 8.71. The van der Waals surface area contributed by atoms with Crippen molar-refractivity contribution < 1.29 is 8.42 Å². The van der Waals surface area contributed by atoms with Crippen molar-refractivity contribution in [2.24, 2.45) is 0 Å². The zero-order valence-electron chi connectivity index (χ0n) is 7.97. The van der Waals surface area contributed by atoms with Gasteiger partial charge in [0.15, 0.2) is 9.84 Å². The van der Waals surface area contributed by atoms with E-state index in [4.69, 9.17) is 0 Å². The molecule has 0 atom stereocenters. The number of benzene rings is 1. The number of rotatable bonds is 0. The van der Waals surface area contributed by atoms with Gasteiger partial charge >= 0.3 is 0 Å². The molecule has 2 heterocycles. The third kappa shape index (κ3) is 1.36. The van der Waals surface area contributed by atoms with E-state index in [0.717, 1.165) is 17.1 Å². The molecule has 1 aromatic rings. The summed E-state index contributed by atoms with van der Waals surface area (Å²) in [6, 6.07) is 7.44. The largest absolute Gasteiger partial charge is 0.224 e. The predicted molar refractivity (Wildman–Crippen MR) is 65.1 cm³/mol. The first-order valence-electron chi connectivity index (χ1n) is 4.74. The zero-order valence-corrected chi connectivity index (χ0v) is 10.4. The zero-order chi connectivity index (χ0) is 10.5. The lowest BCUT2D eigenvalue weighted by Gasteiger charge is -2.20. The van der Waals surface area contributed by atoms with E-state index >= 15 is 0 Å². The number of hydrogen-bond acceptors (Lipinski definition) is 4. The highest BCUT2D eigenvalue weighted by Crippen LogP contribution is 2.58. The molecule has 0 bridgehead atoms. The summed E-state index contributed by atoms with van der Waals surface area (Å²) in [7, 11) is -3.04. The van der Waals surface area contributed by atoms with Crippen molar-refractivity contribution in [2.75, 3.05) is 17.3 Å². The fourth-order valence-corrected chi connectivity index (χ4v) is 8.38. The lowest BCUT2D eigenvalue weighted by Crippen LogP contribution is -2.16. The number of thioether (sulfide) groups is 2. The predicted octanol–water partition coefficient (Wildman–Crippen LogP) is 2.11. The quantitative estimate of drug-likeness (QED) is 0.714. The molecular weight excluding hydrogens is 248 g/mol. The van der Waals surface area contributed by atoms with Crippen molar-refractivity contribution in [1.29, 1.82) is 0 Å². The van der Waals surface area contributed by atoms with E-state index in [9.17, 15) is 8.42 Å². The van der Waals surface area contributed by atoms with E-state index in [2.05, 4.69) is 0 Å². The van der Waals surface area contributed by atoms with Crippen molar-refractivity contribution in [3.8, 4) is 0 Å². The van der Waals surface area contributed by atoms with Crippen LogP contribution in [0.3, 0.4) is 0 Å². The standard InChI is InChI=1S/C10H10O2S3/c11-15(12)7-10(13-5-6-14-10)8-3-1-2-4-9(8)15/h1-4H,5-7H2. The van der Waals surface area contributed by atoms with Crippen molar-refractivity contribution >= 4 is 33.4 Å². The van der Waals surface area contributed by atoms with E-state index in [1.165, 1.54) is 0 Å². The molecule has 1 fully saturated rings. The van der Waals surface area contributed by atoms with Crippen LogP contribution in [-0.4, -0.2) is 25.7 Å². The van der Waals surface area contributed by atoms with Gasteiger partial charge in [-0.05, 0) is 11.6 Å². The number of sulfone groups is 1. The van der Waals surface area contributed by atoms with E-state index in [0.29, 0.717) is 4.90 Å². The minimum absolute atomic E-state index is 0.199. The highest BCUT2D eigenvalue weighted by molar-refractivity contribution is 8.21. The lowest BCUT2D eigenvalue weighted by atomic mass is 10.2. The van der Waals surface area contributed by atoms with Gasteiger partial charge in [0.1, 0.15) is 4.08 Å². The van der Waals surface area contributed by atoms with Crippen LogP contribution in [0.1, 0.15) is 5.56 Å². The van der Waals surface area contributed by atoms with Gasteiger partial charge in [-0.25, -0.2) is 8.42 Å². The average molecular weight is 258 g/mol. The Labute approximate surface area is 97.8 Å². The Morgan fingerprint density at radius 1 is 1.13 bits per heavy atom. The SMILES string of the molecule is O=S1(=O)CC2(SCCS2)c2ccccc21. The Bertz CT molecular complexity index is 501. The van der Waals surface area contributed by atoms with Gasteiger partial charge in [-0.2, -0.15) is 0 Å². The van der Waals surface area contributed by atoms with Crippen molar-refractivity contribution in [2.45, 2.75) is 8.97 Å². The Kier molecular flexibility index (Phi) is 2.13. The van der Waals surface area contributed by atoms with Gasteiger partial charge in [-0.1, -0.05) is 18.2 Å². The molecule has 0 aromatic heterocycles. The van der Waals surface area contributed by atoms with E-state index in [-0.39, 0.29) is 9.83 Å². The number of hydrogen-bond donors (Lipinski definition) is 0. The molecule has 2 aliphatic heterocycles. The normalized spacial score (nSPS) is 25.6. The molecule has 2 nitrogen and oxygen atoms in total. The molecule has 1 spiro atoms. The highest BCUT2D eigenvalue weighted by atomic mass is 32.2. The molecule has 0 N–H and O–H groups in total. The van der Waals surface area contributed by atoms with Gasteiger partial charge in [0, 0.05) is 11.5 Å². The van der Waals surface area contributed by atoms with Crippen LogP contribution in [0.4, 0.5) is 0 Å². The summed E-state index contributed by atoms with van der Waals surface area (Å²) < 4.78 is 23.8. The van der Waals surface area contributed by atoms with Crippen LogP contribution in [0, 0.1) is 0 Å².